The first kappa shape index (κ1) is 10.5. The maximum Gasteiger partial charge on any atom is 0.220 e. The summed E-state index contributed by atoms with van der Waals surface area (Å²) in [5.74, 6) is -0.0873. The summed E-state index contributed by atoms with van der Waals surface area (Å²) in [5, 5.41) is 2.55. The van der Waals surface area contributed by atoms with Gasteiger partial charge in [-0.3, -0.25) is 4.79 Å². The van der Waals surface area contributed by atoms with Crippen molar-refractivity contribution in [3.05, 3.63) is 0 Å². The Morgan fingerprint density at radius 3 is 2.69 bits per heavy atom. The van der Waals surface area contributed by atoms with E-state index in [0.717, 1.165) is 6.42 Å². The van der Waals surface area contributed by atoms with Gasteiger partial charge in [-0.1, -0.05) is 0 Å². The van der Waals surface area contributed by atoms with E-state index in [2.05, 4.69) is 10.0 Å². The quantitative estimate of drug-likeness (QED) is 0.545. The lowest BCUT2D eigenvalue weighted by atomic mass is 10.2. The molecule has 76 valence electrons. The van der Waals surface area contributed by atoms with Crippen molar-refractivity contribution < 1.29 is 13.2 Å². The standard InChI is InChI=1S/C7H14N2O3S/c10-7-3-1-2-4-9-13(11,12)6-5-8-7/h9H,1-6H2,(H,8,10). The van der Waals surface area contributed by atoms with E-state index in [1.54, 1.807) is 0 Å². The molecule has 0 aliphatic carbocycles. The summed E-state index contributed by atoms with van der Waals surface area (Å²) in [6.07, 6.45) is 1.93. The highest BCUT2D eigenvalue weighted by Crippen LogP contribution is 1.97. The summed E-state index contributed by atoms with van der Waals surface area (Å²) < 4.78 is 24.7. The molecular weight excluding hydrogens is 192 g/mol. The normalized spacial score (nSPS) is 24.8. The first-order valence-electron chi connectivity index (χ1n) is 4.34. The van der Waals surface area contributed by atoms with Crippen LogP contribution in [0, 0.1) is 0 Å². The minimum Gasteiger partial charge on any atom is -0.355 e. The largest absolute Gasteiger partial charge is 0.355 e. The van der Waals surface area contributed by atoms with E-state index in [4.69, 9.17) is 0 Å². The van der Waals surface area contributed by atoms with Crippen LogP contribution in [0.2, 0.25) is 0 Å². The monoisotopic (exact) mass is 206 g/mol. The van der Waals surface area contributed by atoms with E-state index >= 15 is 0 Å². The van der Waals surface area contributed by atoms with Gasteiger partial charge in [0.1, 0.15) is 0 Å². The first-order chi connectivity index (χ1) is 6.10. The van der Waals surface area contributed by atoms with Crippen molar-refractivity contribution in [3.8, 4) is 0 Å². The SMILES string of the molecule is O=C1CCCCNS(=O)(=O)CCN1. The Morgan fingerprint density at radius 2 is 1.92 bits per heavy atom. The van der Waals surface area contributed by atoms with Crippen molar-refractivity contribution >= 4 is 15.9 Å². The summed E-state index contributed by atoms with van der Waals surface area (Å²) in [4.78, 5) is 11.0. The molecule has 13 heavy (non-hydrogen) atoms. The van der Waals surface area contributed by atoms with Crippen LogP contribution in [0.4, 0.5) is 0 Å². The third-order valence-electron chi connectivity index (χ3n) is 1.85. The van der Waals surface area contributed by atoms with Crippen molar-refractivity contribution in [1.29, 1.82) is 0 Å². The van der Waals surface area contributed by atoms with Gasteiger partial charge in [0.2, 0.25) is 15.9 Å². The summed E-state index contributed by atoms with van der Waals surface area (Å²) in [7, 11) is -3.17. The second kappa shape index (κ2) is 4.57. The van der Waals surface area contributed by atoms with Crippen LogP contribution in [-0.4, -0.2) is 33.2 Å². The van der Waals surface area contributed by atoms with Gasteiger partial charge in [0.15, 0.2) is 0 Å². The molecule has 1 heterocycles. The number of sulfonamides is 1. The Labute approximate surface area is 77.9 Å². The molecule has 1 rings (SSSR count). The smallest absolute Gasteiger partial charge is 0.220 e. The summed E-state index contributed by atoms with van der Waals surface area (Å²) >= 11 is 0. The van der Waals surface area contributed by atoms with Crippen molar-refractivity contribution in [1.82, 2.24) is 10.0 Å². The van der Waals surface area contributed by atoms with Gasteiger partial charge >= 0.3 is 0 Å². The molecule has 1 amide bonds. The van der Waals surface area contributed by atoms with Crippen LogP contribution in [0.25, 0.3) is 0 Å². The van der Waals surface area contributed by atoms with Crippen LogP contribution in [0.5, 0.6) is 0 Å². The highest BCUT2D eigenvalue weighted by Gasteiger charge is 2.11. The molecule has 0 unspecified atom stereocenters. The van der Waals surface area contributed by atoms with E-state index in [-0.39, 0.29) is 18.2 Å². The topological polar surface area (TPSA) is 75.3 Å². The third-order valence-corrected chi connectivity index (χ3v) is 3.23. The molecule has 1 aliphatic heterocycles. The molecule has 0 atom stereocenters. The Kier molecular flexibility index (Phi) is 3.68. The highest BCUT2D eigenvalue weighted by atomic mass is 32.2. The second-order valence-electron chi connectivity index (χ2n) is 3.02. The lowest BCUT2D eigenvalue weighted by molar-refractivity contribution is -0.121. The zero-order valence-corrected chi connectivity index (χ0v) is 8.19. The van der Waals surface area contributed by atoms with Crippen LogP contribution >= 0.6 is 0 Å². The fourth-order valence-electron chi connectivity index (χ4n) is 1.12. The maximum absolute atomic E-state index is 11.1. The fraction of sp³-hybridized carbons (Fsp3) is 0.857. The summed E-state index contributed by atoms with van der Waals surface area (Å²) in [6.45, 7) is 0.643. The van der Waals surface area contributed by atoms with Crippen molar-refractivity contribution in [2.45, 2.75) is 19.3 Å². The number of carbonyl (C=O) groups excluding carboxylic acids is 1. The lowest BCUT2D eigenvalue weighted by Crippen LogP contribution is -2.36. The Morgan fingerprint density at radius 1 is 1.15 bits per heavy atom. The number of carbonyl (C=O) groups is 1. The average Bonchev–Trinajstić information content (AvgIpc) is 2.02. The van der Waals surface area contributed by atoms with Crippen molar-refractivity contribution in [2.75, 3.05) is 18.8 Å². The average molecular weight is 206 g/mol. The molecule has 0 aromatic rings. The van der Waals surface area contributed by atoms with Crippen LogP contribution in [0.15, 0.2) is 0 Å². The Bertz CT molecular complexity index is 273. The van der Waals surface area contributed by atoms with Gasteiger partial charge in [-0.05, 0) is 12.8 Å². The fourth-order valence-corrected chi connectivity index (χ4v) is 2.09. The van der Waals surface area contributed by atoms with Gasteiger partial charge in [-0.2, -0.15) is 0 Å². The van der Waals surface area contributed by atoms with E-state index in [9.17, 15) is 13.2 Å². The highest BCUT2D eigenvalue weighted by molar-refractivity contribution is 7.89. The van der Waals surface area contributed by atoms with E-state index in [1.165, 1.54) is 0 Å². The van der Waals surface area contributed by atoms with E-state index in [1.807, 2.05) is 0 Å². The predicted molar refractivity (Wildman–Crippen MR) is 48.7 cm³/mol. The second-order valence-corrected chi connectivity index (χ2v) is 4.95. The first-order valence-corrected chi connectivity index (χ1v) is 5.99. The molecule has 0 aromatic heterocycles. The van der Waals surface area contributed by atoms with Crippen LogP contribution in [-0.2, 0) is 14.8 Å². The lowest BCUT2D eigenvalue weighted by Gasteiger charge is -2.10. The Hall–Kier alpha value is -0.620. The Balaban J connectivity index is 2.49. The zero-order valence-electron chi connectivity index (χ0n) is 7.38. The zero-order chi connectivity index (χ0) is 9.73. The maximum atomic E-state index is 11.1. The van der Waals surface area contributed by atoms with Gasteiger partial charge in [0.05, 0.1) is 5.75 Å². The van der Waals surface area contributed by atoms with Crippen LogP contribution in [0.1, 0.15) is 19.3 Å². The molecule has 2 N–H and O–H groups in total. The third kappa shape index (κ3) is 4.23. The number of rotatable bonds is 0. The minimum atomic E-state index is -3.17. The van der Waals surface area contributed by atoms with Crippen LogP contribution in [0.3, 0.4) is 0 Å². The molecule has 1 aliphatic rings. The molecule has 0 saturated carbocycles. The summed E-state index contributed by atoms with van der Waals surface area (Å²) in [6, 6.07) is 0. The minimum absolute atomic E-state index is 0.0290. The molecule has 5 nitrogen and oxygen atoms in total. The van der Waals surface area contributed by atoms with E-state index in [0.29, 0.717) is 19.4 Å². The molecule has 1 fully saturated rings. The number of amides is 1. The molecular formula is C7H14N2O3S. The molecule has 0 spiro atoms. The molecule has 6 heteroatoms. The van der Waals surface area contributed by atoms with Crippen molar-refractivity contribution in [2.24, 2.45) is 0 Å². The number of nitrogens with one attached hydrogen (secondary N) is 2. The summed E-state index contributed by atoms with van der Waals surface area (Å²) in [5.41, 5.74) is 0. The van der Waals surface area contributed by atoms with Gasteiger partial charge in [-0.15, -0.1) is 0 Å². The molecule has 0 aromatic carbocycles. The molecule has 0 radical (unpaired) electrons. The molecule has 0 bridgehead atoms. The van der Waals surface area contributed by atoms with Gasteiger partial charge in [0, 0.05) is 19.5 Å². The van der Waals surface area contributed by atoms with Gasteiger partial charge in [-0.25, -0.2) is 13.1 Å². The molecule has 1 saturated heterocycles. The van der Waals surface area contributed by atoms with Gasteiger partial charge in [0.25, 0.3) is 0 Å². The number of hydrogen-bond acceptors (Lipinski definition) is 3. The van der Waals surface area contributed by atoms with Gasteiger partial charge < -0.3 is 5.32 Å². The van der Waals surface area contributed by atoms with Crippen LogP contribution < -0.4 is 10.0 Å². The predicted octanol–water partition coefficient (Wildman–Crippen LogP) is -0.794. The van der Waals surface area contributed by atoms with E-state index < -0.39 is 10.0 Å². The number of hydrogen-bond donors (Lipinski definition) is 2. The van der Waals surface area contributed by atoms with Crippen molar-refractivity contribution in [3.63, 3.8) is 0 Å².